The van der Waals surface area contributed by atoms with E-state index in [1.807, 2.05) is 4.90 Å². The lowest BCUT2D eigenvalue weighted by atomic mass is 10.0. The Balaban J connectivity index is 1.69. The highest BCUT2D eigenvalue weighted by Crippen LogP contribution is 2.17. The molecule has 0 aromatic rings. The Morgan fingerprint density at radius 1 is 1.20 bits per heavy atom. The molecule has 0 spiro atoms. The lowest BCUT2D eigenvalue weighted by Gasteiger charge is -2.42. The van der Waals surface area contributed by atoms with E-state index >= 15 is 0 Å². The van der Waals surface area contributed by atoms with Gasteiger partial charge in [-0.1, -0.05) is 6.08 Å². The SMILES string of the molecule is C=CCNCC(=O)N1CCN(C2CCN(C)CC2)CC1. The van der Waals surface area contributed by atoms with Gasteiger partial charge in [0, 0.05) is 38.8 Å². The zero-order chi connectivity index (χ0) is 14.4. The Morgan fingerprint density at radius 2 is 1.85 bits per heavy atom. The topological polar surface area (TPSA) is 38.8 Å². The number of carbonyl (C=O) groups excluding carboxylic acids is 1. The molecule has 0 radical (unpaired) electrons. The fourth-order valence-corrected chi connectivity index (χ4v) is 3.09. The maximum Gasteiger partial charge on any atom is 0.236 e. The minimum atomic E-state index is 0.217. The average Bonchev–Trinajstić information content (AvgIpc) is 2.48. The zero-order valence-electron chi connectivity index (χ0n) is 12.7. The number of nitrogens with zero attached hydrogens (tertiary/aromatic N) is 3. The normalized spacial score (nSPS) is 22.9. The van der Waals surface area contributed by atoms with Gasteiger partial charge in [0.25, 0.3) is 0 Å². The van der Waals surface area contributed by atoms with Gasteiger partial charge in [0.1, 0.15) is 0 Å². The molecule has 2 aliphatic heterocycles. The number of carbonyl (C=O) groups is 1. The van der Waals surface area contributed by atoms with Crippen LogP contribution in [-0.2, 0) is 4.79 Å². The van der Waals surface area contributed by atoms with Gasteiger partial charge >= 0.3 is 0 Å². The first-order valence-electron chi connectivity index (χ1n) is 7.72. The van der Waals surface area contributed by atoms with Gasteiger partial charge in [-0.15, -0.1) is 6.58 Å². The summed E-state index contributed by atoms with van der Waals surface area (Å²) in [4.78, 5) is 19.0. The van der Waals surface area contributed by atoms with Crippen LogP contribution in [0.2, 0.25) is 0 Å². The van der Waals surface area contributed by atoms with Gasteiger partial charge in [-0.25, -0.2) is 0 Å². The van der Waals surface area contributed by atoms with Crippen molar-refractivity contribution in [2.45, 2.75) is 18.9 Å². The fourth-order valence-electron chi connectivity index (χ4n) is 3.09. The maximum absolute atomic E-state index is 12.0. The minimum Gasteiger partial charge on any atom is -0.339 e. The van der Waals surface area contributed by atoms with Crippen LogP contribution in [0.25, 0.3) is 0 Å². The fraction of sp³-hybridized carbons (Fsp3) is 0.800. The van der Waals surface area contributed by atoms with Crippen molar-refractivity contribution in [1.82, 2.24) is 20.0 Å². The smallest absolute Gasteiger partial charge is 0.236 e. The van der Waals surface area contributed by atoms with E-state index in [0.29, 0.717) is 13.1 Å². The van der Waals surface area contributed by atoms with E-state index in [4.69, 9.17) is 0 Å². The molecule has 1 N–H and O–H groups in total. The average molecular weight is 280 g/mol. The quantitative estimate of drug-likeness (QED) is 0.568. The molecule has 0 aliphatic carbocycles. The third kappa shape index (κ3) is 4.30. The van der Waals surface area contributed by atoms with Crippen molar-refractivity contribution in [3.05, 3.63) is 12.7 Å². The summed E-state index contributed by atoms with van der Waals surface area (Å²) in [5, 5.41) is 3.08. The van der Waals surface area contributed by atoms with Gasteiger partial charge in [0.05, 0.1) is 6.54 Å². The van der Waals surface area contributed by atoms with E-state index in [9.17, 15) is 4.79 Å². The molecule has 0 aromatic heterocycles. The Morgan fingerprint density at radius 3 is 2.45 bits per heavy atom. The van der Waals surface area contributed by atoms with Gasteiger partial charge in [-0.05, 0) is 33.0 Å². The molecule has 2 fully saturated rings. The summed E-state index contributed by atoms with van der Waals surface area (Å²) >= 11 is 0. The summed E-state index contributed by atoms with van der Waals surface area (Å²) < 4.78 is 0. The highest BCUT2D eigenvalue weighted by atomic mass is 16.2. The molecule has 114 valence electrons. The van der Waals surface area contributed by atoms with Crippen LogP contribution in [0.15, 0.2) is 12.7 Å². The number of hydrogen-bond acceptors (Lipinski definition) is 4. The monoisotopic (exact) mass is 280 g/mol. The summed E-state index contributed by atoms with van der Waals surface area (Å²) in [6.45, 7) is 11.0. The lowest BCUT2D eigenvalue weighted by molar-refractivity contribution is -0.132. The van der Waals surface area contributed by atoms with E-state index in [-0.39, 0.29) is 5.91 Å². The molecule has 0 atom stereocenters. The van der Waals surface area contributed by atoms with Crippen molar-refractivity contribution in [2.24, 2.45) is 0 Å². The van der Waals surface area contributed by atoms with Crippen LogP contribution in [0, 0.1) is 0 Å². The lowest BCUT2D eigenvalue weighted by Crippen LogP contribution is -2.55. The molecule has 5 nitrogen and oxygen atoms in total. The van der Waals surface area contributed by atoms with Gasteiger partial charge in [0.2, 0.25) is 5.91 Å². The van der Waals surface area contributed by atoms with E-state index in [1.165, 1.54) is 25.9 Å². The summed E-state index contributed by atoms with van der Waals surface area (Å²) in [5.41, 5.74) is 0. The Labute approximate surface area is 122 Å². The number of piperazine rings is 1. The first-order valence-corrected chi connectivity index (χ1v) is 7.72. The number of hydrogen-bond donors (Lipinski definition) is 1. The van der Waals surface area contributed by atoms with Crippen molar-refractivity contribution in [3.63, 3.8) is 0 Å². The molecule has 2 heterocycles. The molecule has 1 amide bonds. The van der Waals surface area contributed by atoms with Crippen LogP contribution < -0.4 is 5.32 Å². The van der Waals surface area contributed by atoms with Gasteiger partial charge in [-0.3, -0.25) is 9.69 Å². The summed E-state index contributed by atoms with van der Waals surface area (Å²) in [6, 6.07) is 0.724. The Hall–Kier alpha value is -0.910. The van der Waals surface area contributed by atoms with Crippen LogP contribution in [-0.4, -0.2) is 86.1 Å². The highest BCUT2D eigenvalue weighted by molar-refractivity contribution is 5.78. The molecule has 20 heavy (non-hydrogen) atoms. The maximum atomic E-state index is 12.0. The molecule has 5 heteroatoms. The minimum absolute atomic E-state index is 0.217. The zero-order valence-corrected chi connectivity index (χ0v) is 12.7. The summed E-state index contributed by atoms with van der Waals surface area (Å²) in [6.07, 6.45) is 4.32. The number of nitrogens with one attached hydrogen (secondary N) is 1. The second-order valence-corrected chi connectivity index (χ2v) is 5.87. The van der Waals surface area contributed by atoms with Crippen molar-refractivity contribution < 1.29 is 4.79 Å². The van der Waals surface area contributed by atoms with Crippen molar-refractivity contribution >= 4 is 5.91 Å². The number of rotatable bonds is 5. The second-order valence-electron chi connectivity index (χ2n) is 5.87. The standard InChI is InChI=1S/C15H28N4O/c1-3-6-16-13-15(20)19-11-9-18(10-12-19)14-4-7-17(2)8-5-14/h3,14,16H,1,4-13H2,2H3. The predicted octanol–water partition coefficient (Wildman–Crippen LogP) is 0.000400. The van der Waals surface area contributed by atoms with Crippen LogP contribution in [0.4, 0.5) is 0 Å². The van der Waals surface area contributed by atoms with E-state index < -0.39 is 0 Å². The third-order valence-electron chi connectivity index (χ3n) is 4.44. The molecular weight excluding hydrogens is 252 g/mol. The Bertz CT molecular complexity index is 318. The molecular formula is C15H28N4O. The molecule has 0 unspecified atom stereocenters. The number of likely N-dealkylation sites (tertiary alicyclic amines) is 1. The molecule has 2 rings (SSSR count). The van der Waals surface area contributed by atoms with Crippen LogP contribution in [0.3, 0.4) is 0 Å². The summed E-state index contributed by atoms with van der Waals surface area (Å²) in [5.74, 6) is 0.217. The first-order chi connectivity index (χ1) is 9.70. The van der Waals surface area contributed by atoms with E-state index in [1.54, 1.807) is 6.08 Å². The highest BCUT2D eigenvalue weighted by Gasteiger charge is 2.27. The van der Waals surface area contributed by atoms with Gasteiger partial charge in [-0.2, -0.15) is 0 Å². The molecule has 2 aliphatic rings. The van der Waals surface area contributed by atoms with Gasteiger partial charge in [0.15, 0.2) is 0 Å². The second kappa shape index (κ2) is 7.76. The van der Waals surface area contributed by atoms with Gasteiger partial charge < -0.3 is 15.1 Å². The summed E-state index contributed by atoms with van der Waals surface area (Å²) in [7, 11) is 2.20. The largest absolute Gasteiger partial charge is 0.339 e. The molecule has 0 aromatic carbocycles. The van der Waals surface area contributed by atoms with E-state index in [0.717, 1.165) is 32.2 Å². The number of amides is 1. The predicted molar refractivity (Wildman–Crippen MR) is 81.7 cm³/mol. The molecule has 0 saturated carbocycles. The molecule has 0 bridgehead atoms. The first kappa shape index (κ1) is 15.5. The van der Waals surface area contributed by atoms with Crippen molar-refractivity contribution in [3.8, 4) is 0 Å². The van der Waals surface area contributed by atoms with Crippen molar-refractivity contribution in [2.75, 3.05) is 59.4 Å². The van der Waals surface area contributed by atoms with Crippen LogP contribution in [0.5, 0.6) is 0 Å². The Kier molecular flexibility index (Phi) is 6.01. The number of piperidine rings is 1. The van der Waals surface area contributed by atoms with Crippen LogP contribution in [0.1, 0.15) is 12.8 Å². The molecule has 2 saturated heterocycles. The third-order valence-corrected chi connectivity index (χ3v) is 4.44. The van der Waals surface area contributed by atoms with Crippen molar-refractivity contribution in [1.29, 1.82) is 0 Å². The van der Waals surface area contributed by atoms with Crippen LogP contribution >= 0.6 is 0 Å². The van der Waals surface area contributed by atoms with E-state index in [2.05, 4.69) is 28.7 Å².